The van der Waals surface area contributed by atoms with Crippen LogP contribution >= 0.6 is 0 Å². The van der Waals surface area contributed by atoms with Gasteiger partial charge in [0.2, 0.25) is 0 Å². The fourth-order valence-corrected chi connectivity index (χ4v) is 3.65. The second-order valence-electron chi connectivity index (χ2n) is 7.41. The SMILES string of the molecule is CC#CC(=O)Nc1cccc(Nc2ncnc3ccc(-c4cnc5ccccc5c4)cc23)c1. The number of anilines is 3. The number of fused-ring (bicyclic) bond motifs is 2. The van der Waals surface area contributed by atoms with Crippen molar-refractivity contribution in [3.8, 4) is 23.0 Å². The van der Waals surface area contributed by atoms with Crippen LogP contribution in [0, 0.1) is 11.8 Å². The number of aromatic nitrogens is 3. The quantitative estimate of drug-likeness (QED) is 0.366. The lowest BCUT2D eigenvalue weighted by molar-refractivity contribution is -0.111. The van der Waals surface area contributed by atoms with Gasteiger partial charge in [-0.1, -0.05) is 36.3 Å². The average Bonchev–Trinajstić information content (AvgIpc) is 2.84. The second kappa shape index (κ2) is 8.77. The Morgan fingerprint density at radius 3 is 2.61 bits per heavy atom. The molecule has 6 nitrogen and oxygen atoms in total. The lowest BCUT2D eigenvalue weighted by Gasteiger charge is -2.11. The summed E-state index contributed by atoms with van der Waals surface area (Å²) in [7, 11) is 0. The summed E-state index contributed by atoms with van der Waals surface area (Å²) >= 11 is 0. The molecule has 0 unspecified atom stereocenters. The number of hydrogen-bond acceptors (Lipinski definition) is 5. The third-order valence-corrected chi connectivity index (χ3v) is 5.18. The first-order valence-corrected chi connectivity index (χ1v) is 10.4. The predicted molar refractivity (Wildman–Crippen MR) is 132 cm³/mol. The van der Waals surface area contributed by atoms with Crippen molar-refractivity contribution < 1.29 is 4.79 Å². The first-order chi connectivity index (χ1) is 16.2. The topological polar surface area (TPSA) is 79.8 Å². The first-order valence-electron chi connectivity index (χ1n) is 10.4. The van der Waals surface area contributed by atoms with Gasteiger partial charge in [-0.2, -0.15) is 0 Å². The fraction of sp³-hybridized carbons (Fsp3) is 0.0370. The lowest BCUT2D eigenvalue weighted by Crippen LogP contribution is -2.08. The number of carbonyl (C=O) groups excluding carboxylic acids is 1. The molecular formula is C27H19N5O. The molecule has 5 aromatic rings. The van der Waals surface area contributed by atoms with Gasteiger partial charge in [-0.05, 0) is 60.9 Å². The first kappa shape index (κ1) is 20.2. The Labute approximate surface area is 190 Å². The van der Waals surface area contributed by atoms with E-state index in [1.807, 2.05) is 60.8 Å². The van der Waals surface area contributed by atoms with Crippen molar-refractivity contribution in [3.63, 3.8) is 0 Å². The van der Waals surface area contributed by atoms with Crippen LogP contribution in [0.1, 0.15) is 6.92 Å². The van der Waals surface area contributed by atoms with E-state index in [1.165, 1.54) is 6.33 Å². The Kier molecular flexibility index (Phi) is 5.36. The number of rotatable bonds is 4. The van der Waals surface area contributed by atoms with Crippen molar-refractivity contribution in [2.75, 3.05) is 10.6 Å². The summed E-state index contributed by atoms with van der Waals surface area (Å²) in [5.41, 5.74) is 5.27. The van der Waals surface area contributed by atoms with E-state index < -0.39 is 0 Å². The monoisotopic (exact) mass is 429 g/mol. The highest BCUT2D eigenvalue weighted by atomic mass is 16.1. The van der Waals surface area contributed by atoms with Crippen LogP contribution in [0.5, 0.6) is 0 Å². The molecule has 0 saturated carbocycles. The van der Waals surface area contributed by atoms with Crippen LogP contribution in [0.4, 0.5) is 17.2 Å². The largest absolute Gasteiger partial charge is 0.340 e. The molecule has 0 spiro atoms. The number of benzene rings is 3. The van der Waals surface area contributed by atoms with E-state index in [0.29, 0.717) is 11.5 Å². The van der Waals surface area contributed by atoms with Gasteiger partial charge >= 0.3 is 0 Å². The van der Waals surface area contributed by atoms with Crippen LogP contribution in [0.15, 0.2) is 85.3 Å². The van der Waals surface area contributed by atoms with Crippen molar-refractivity contribution in [2.45, 2.75) is 6.92 Å². The molecular weight excluding hydrogens is 410 g/mol. The van der Waals surface area contributed by atoms with Gasteiger partial charge in [0, 0.05) is 33.9 Å². The highest BCUT2D eigenvalue weighted by molar-refractivity contribution is 6.04. The molecule has 0 aliphatic heterocycles. The van der Waals surface area contributed by atoms with Crippen molar-refractivity contribution in [1.82, 2.24) is 15.0 Å². The summed E-state index contributed by atoms with van der Waals surface area (Å²) in [4.78, 5) is 25.2. The molecule has 0 saturated heterocycles. The van der Waals surface area contributed by atoms with E-state index in [2.05, 4.69) is 55.6 Å². The summed E-state index contributed by atoms with van der Waals surface area (Å²) in [6.07, 6.45) is 3.41. The molecule has 33 heavy (non-hydrogen) atoms. The van der Waals surface area contributed by atoms with Crippen LogP contribution < -0.4 is 10.6 Å². The van der Waals surface area contributed by atoms with Crippen LogP contribution in [0.3, 0.4) is 0 Å². The number of pyridine rings is 1. The number of nitrogens with zero attached hydrogens (tertiary/aromatic N) is 3. The average molecular weight is 429 g/mol. The zero-order chi connectivity index (χ0) is 22.6. The van der Waals surface area contributed by atoms with Crippen LogP contribution in [0.2, 0.25) is 0 Å². The Bertz CT molecular complexity index is 1570. The summed E-state index contributed by atoms with van der Waals surface area (Å²) in [5.74, 6) is 5.39. The molecule has 2 N–H and O–H groups in total. The minimum absolute atomic E-state index is 0.351. The number of amides is 1. The van der Waals surface area contributed by atoms with Gasteiger partial charge in [0.15, 0.2) is 0 Å². The van der Waals surface area contributed by atoms with E-state index in [-0.39, 0.29) is 5.91 Å². The fourth-order valence-electron chi connectivity index (χ4n) is 3.65. The predicted octanol–water partition coefficient (Wildman–Crippen LogP) is 5.55. The van der Waals surface area contributed by atoms with E-state index >= 15 is 0 Å². The normalized spacial score (nSPS) is 10.5. The van der Waals surface area contributed by atoms with E-state index in [9.17, 15) is 4.79 Å². The highest BCUT2D eigenvalue weighted by Gasteiger charge is 2.09. The standard InChI is InChI=1S/C27H19N5O/c1-2-6-26(33)31-21-8-5-9-22(15-21)32-27-23-14-18(11-12-25(23)29-17-30-27)20-13-19-7-3-4-10-24(19)28-16-20/h3-5,7-17H,1H3,(H,31,33)(H,29,30,32). The molecule has 6 heteroatoms. The molecule has 0 aliphatic rings. The minimum atomic E-state index is -0.351. The summed E-state index contributed by atoms with van der Waals surface area (Å²) in [5, 5.41) is 8.08. The highest BCUT2D eigenvalue weighted by Crippen LogP contribution is 2.30. The van der Waals surface area contributed by atoms with Gasteiger partial charge in [0.25, 0.3) is 5.91 Å². The van der Waals surface area contributed by atoms with Crippen LogP contribution in [-0.2, 0) is 4.79 Å². The maximum absolute atomic E-state index is 11.8. The second-order valence-corrected chi connectivity index (χ2v) is 7.41. The lowest BCUT2D eigenvalue weighted by atomic mass is 10.0. The molecule has 158 valence electrons. The van der Waals surface area contributed by atoms with Gasteiger partial charge < -0.3 is 10.6 Å². The Balaban J connectivity index is 1.50. The maximum Gasteiger partial charge on any atom is 0.300 e. The molecule has 0 bridgehead atoms. The molecule has 2 heterocycles. The number of hydrogen-bond donors (Lipinski definition) is 2. The smallest absolute Gasteiger partial charge is 0.300 e. The zero-order valence-corrected chi connectivity index (χ0v) is 17.8. The number of para-hydroxylation sites is 1. The Hall–Kier alpha value is -4.76. The van der Waals surface area contributed by atoms with Gasteiger partial charge in [-0.15, -0.1) is 0 Å². The molecule has 1 amide bonds. The molecule has 5 rings (SSSR count). The molecule has 2 aromatic heterocycles. The molecule has 0 atom stereocenters. The van der Waals surface area contributed by atoms with Crippen molar-refractivity contribution in [2.24, 2.45) is 0 Å². The van der Waals surface area contributed by atoms with Crippen molar-refractivity contribution in [3.05, 3.63) is 85.3 Å². The van der Waals surface area contributed by atoms with Crippen molar-refractivity contribution >= 4 is 44.9 Å². The Morgan fingerprint density at radius 2 is 1.70 bits per heavy atom. The number of carbonyl (C=O) groups is 1. The molecule has 3 aromatic carbocycles. The number of nitrogens with one attached hydrogen (secondary N) is 2. The van der Waals surface area contributed by atoms with Gasteiger partial charge in [0.05, 0.1) is 11.0 Å². The van der Waals surface area contributed by atoms with E-state index in [4.69, 9.17) is 0 Å². The van der Waals surface area contributed by atoms with Crippen LogP contribution in [0.25, 0.3) is 32.9 Å². The maximum atomic E-state index is 11.8. The minimum Gasteiger partial charge on any atom is -0.340 e. The van der Waals surface area contributed by atoms with E-state index in [1.54, 1.807) is 6.92 Å². The third-order valence-electron chi connectivity index (χ3n) is 5.18. The Morgan fingerprint density at radius 1 is 0.818 bits per heavy atom. The van der Waals surface area contributed by atoms with E-state index in [0.717, 1.165) is 38.6 Å². The van der Waals surface area contributed by atoms with Crippen LogP contribution in [-0.4, -0.2) is 20.9 Å². The summed E-state index contributed by atoms with van der Waals surface area (Å²) in [6.45, 7) is 1.63. The van der Waals surface area contributed by atoms with Gasteiger partial charge in [-0.3, -0.25) is 9.78 Å². The van der Waals surface area contributed by atoms with Crippen molar-refractivity contribution in [1.29, 1.82) is 0 Å². The molecule has 0 radical (unpaired) electrons. The zero-order valence-electron chi connectivity index (χ0n) is 17.8. The van der Waals surface area contributed by atoms with Gasteiger partial charge in [-0.25, -0.2) is 9.97 Å². The van der Waals surface area contributed by atoms with Gasteiger partial charge in [0.1, 0.15) is 12.1 Å². The third kappa shape index (κ3) is 4.34. The summed E-state index contributed by atoms with van der Waals surface area (Å²) < 4.78 is 0. The molecule has 0 aliphatic carbocycles. The molecule has 0 fully saturated rings. The summed E-state index contributed by atoms with van der Waals surface area (Å²) in [6, 6.07) is 23.7.